The predicted molar refractivity (Wildman–Crippen MR) is 81.1 cm³/mol. The summed E-state index contributed by atoms with van der Waals surface area (Å²) in [6.45, 7) is 8.59. The number of likely N-dealkylation sites (N-methyl/N-ethyl adjacent to an activating group) is 1. The highest BCUT2D eigenvalue weighted by atomic mass is 16.2. The lowest BCUT2D eigenvalue weighted by Crippen LogP contribution is -2.51. The van der Waals surface area contributed by atoms with E-state index in [4.69, 9.17) is 5.73 Å². The fourth-order valence-electron chi connectivity index (χ4n) is 1.66. The standard InChI is InChI=1S/C14H30N4O2/c1-9(2)11(8-18(5)6)17-12(19)7-16-14(20)13(15)10(3)4/h9-11,13H,7-8,15H2,1-6H3,(H,16,20)(H,17,19)/t11?,13-/m0/s1. The maximum atomic E-state index is 11.9. The molecule has 0 aliphatic carbocycles. The van der Waals surface area contributed by atoms with Gasteiger partial charge in [-0.05, 0) is 25.9 Å². The summed E-state index contributed by atoms with van der Waals surface area (Å²) in [6, 6.07) is -0.515. The number of nitrogens with two attached hydrogens (primary N) is 1. The largest absolute Gasteiger partial charge is 0.350 e. The van der Waals surface area contributed by atoms with E-state index in [0.29, 0.717) is 5.92 Å². The Morgan fingerprint density at radius 2 is 1.65 bits per heavy atom. The van der Waals surface area contributed by atoms with Crippen LogP contribution in [-0.2, 0) is 9.59 Å². The molecule has 6 nitrogen and oxygen atoms in total. The Bertz CT molecular complexity index is 316. The van der Waals surface area contributed by atoms with E-state index < -0.39 is 6.04 Å². The molecule has 20 heavy (non-hydrogen) atoms. The molecule has 0 aromatic rings. The van der Waals surface area contributed by atoms with Crippen LogP contribution in [0.5, 0.6) is 0 Å². The van der Waals surface area contributed by atoms with Crippen molar-refractivity contribution in [3.8, 4) is 0 Å². The highest BCUT2D eigenvalue weighted by Crippen LogP contribution is 2.02. The molecule has 0 saturated carbocycles. The molecule has 0 aliphatic rings. The molecular weight excluding hydrogens is 256 g/mol. The van der Waals surface area contributed by atoms with Gasteiger partial charge in [-0.25, -0.2) is 0 Å². The zero-order chi connectivity index (χ0) is 15.9. The van der Waals surface area contributed by atoms with Gasteiger partial charge < -0.3 is 21.3 Å². The summed E-state index contributed by atoms with van der Waals surface area (Å²) in [6.07, 6.45) is 0. The quantitative estimate of drug-likeness (QED) is 0.576. The molecule has 0 heterocycles. The second kappa shape index (κ2) is 8.92. The minimum Gasteiger partial charge on any atom is -0.350 e. The Morgan fingerprint density at radius 3 is 2.05 bits per heavy atom. The maximum absolute atomic E-state index is 11.9. The molecule has 0 aromatic carbocycles. The average Bonchev–Trinajstić information content (AvgIpc) is 2.33. The van der Waals surface area contributed by atoms with Crippen LogP contribution in [0.3, 0.4) is 0 Å². The van der Waals surface area contributed by atoms with E-state index in [1.54, 1.807) is 0 Å². The normalized spacial score (nSPS) is 14.5. The molecule has 1 unspecified atom stereocenters. The molecule has 0 spiro atoms. The van der Waals surface area contributed by atoms with Gasteiger partial charge in [-0.2, -0.15) is 0 Å². The third-order valence-electron chi connectivity index (χ3n) is 3.16. The molecule has 0 aliphatic heterocycles. The Labute approximate surface area is 122 Å². The molecule has 118 valence electrons. The fraction of sp³-hybridized carbons (Fsp3) is 0.857. The highest BCUT2D eigenvalue weighted by Gasteiger charge is 2.20. The van der Waals surface area contributed by atoms with Crippen LogP contribution in [0.1, 0.15) is 27.7 Å². The van der Waals surface area contributed by atoms with Gasteiger partial charge in [-0.1, -0.05) is 27.7 Å². The Hall–Kier alpha value is -1.14. The molecule has 6 heteroatoms. The second-order valence-corrected chi connectivity index (χ2v) is 6.17. The van der Waals surface area contributed by atoms with Crippen molar-refractivity contribution in [2.24, 2.45) is 17.6 Å². The van der Waals surface area contributed by atoms with E-state index in [-0.39, 0.29) is 30.3 Å². The van der Waals surface area contributed by atoms with Gasteiger partial charge in [0, 0.05) is 12.6 Å². The lowest BCUT2D eigenvalue weighted by atomic mass is 10.0. The third-order valence-corrected chi connectivity index (χ3v) is 3.16. The molecule has 0 rings (SSSR count). The Morgan fingerprint density at radius 1 is 1.10 bits per heavy atom. The van der Waals surface area contributed by atoms with Gasteiger partial charge in [0.1, 0.15) is 0 Å². The smallest absolute Gasteiger partial charge is 0.239 e. The van der Waals surface area contributed by atoms with Crippen molar-refractivity contribution in [2.75, 3.05) is 27.2 Å². The first-order chi connectivity index (χ1) is 9.15. The first-order valence-corrected chi connectivity index (χ1v) is 7.12. The summed E-state index contributed by atoms with van der Waals surface area (Å²) < 4.78 is 0. The predicted octanol–water partition coefficient (Wildman–Crippen LogP) is -0.212. The first kappa shape index (κ1) is 18.9. The summed E-state index contributed by atoms with van der Waals surface area (Å²) in [5.74, 6) is -0.0936. The van der Waals surface area contributed by atoms with Crippen LogP contribution in [0.4, 0.5) is 0 Å². The number of amides is 2. The molecule has 2 amide bonds. The molecule has 0 bridgehead atoms. The van der Waals surface area contributed by atoms with Gasteiger partial charge >= 0.3 is 0 Å². The van der Waals surface area contributed by atoms with E-state index >= 15 is 0 Å². The van der Waals surface area contributed by atoms with Gasteiger partial charge in [0.05, 0.1) is 12.6 Å². The number of carbonyl (C=O) groups is 2. The molecule has 0 fully saturated rings. The first-order valence-electron chi connectivity index (χ1n) is 7.12. The molecule has 0 saturated heterocycles. The van der Waals surface area contributed by atoms with E-state index in [2.05, 4.69) is 24.5 Å². The third kappa shape index (κ3) is 7.45. The minimum absolute atomic E-state index is 0.0318. The average molecular weight is 286 g/mol. The van der Waals surface area contributed by atoms with Crippen molar-refractivity contribution in [3.63, 3.8) is 0 Å². The van der Waals surface area contributed by atoms with Crippen molar-refractivity contribution in [3.05, 3.63) is 0 Å². The molecular formula is C14H30N4O2. The number of nitrogens with one attached hydrogen (secondary N) is 2. The van der Waals surface area contributed by atoms with Crippen molar-refractivity contribution >= 4 is 11.8 Å². The number of rotatable bonds is 8. The zero-order valence-corrected chi connectivity index (χ0v) is 13.6. The Kier molecular flexibility index (Phi) is 8.41. The van der Waals surface area contributed by atoms with Crippen LogP contribution in [0.25, 0.3) is 0 Å². The second-order valence-electron chi connectivity index (χ2n) is 6.17. The minimum atomic E-state index is -0.578. The summed E-state index contributed by atoms with van der Waals surface area (Å²) in [5, 5.41) is 5.51. The van der Waals surface area contributed by atoms with Crippen molar-refractivity contribution in [2.45, 2.75) is 39.8 Å². The van der Waals surface area contributed by atoms with Gasteiger partial charge in [0.15, 0.2) is 0 Å². The fourth-order valence-corrected chi connectivity index (χ4v) is 1.66. The van der Waals surface area contributed by atoms with Crippen LogP contribution in [0.15, 0.2) is 0 Å². The summed E-state index contributed by atoms with van der Waals surface area (Å²) in [4.78, 5) is 25.5. The van der Waals surface area contributed by atoms with Gasteiger partial charge in [0.25, 0.3) is 0 Å². The molecule has 0 radical (unpaired) electrons. The summed E-state index contributed by atoms with van der Waals surface area (Å²) in [7, 11) is 3.93. The zero-order valence-electron chi connectivity index (χ0n) is 13.6. The number of nitrogens with zero attached hydrogens (tertiary/aromatic N) is 1. The monoisotopic (exact) mass is 286 g/mol. The van der Waals surface area contributed by atoms with Crippen LogP contribution in [0.2, 0.25) is 0 Å². The molecule has 2 atom stereocenters. The van der Waals surface area contributed by atoms with Crippen molar-refractivity contribution in [1.29, 1.82) is 0 Å². The lowest BCUT2D eigenvalue weighted by Gasteiger charge is -2.25. The molecule has 4 N–H and O–H groups in total. The van der Waals surface area contributed by atoms with E-state index in [1.165, 1.54) is 0 Å². The number of carbonyl (C=O) groups excluding carboxylic acids is 2. The highest BCUT2D eigenvalue weighted by molar-refractivity contribution is 5.87. The van der Waals surface area contributed by atoms with Crippen molar-refractivity contribution < 1.29 is 9.59 Å². The van der Waals surface area contributed by atoms with Crippen LogP contribution in [-0.4, -0.2) is 56.0 Å². The van der Waals surface area contributed by atoms with E-state index in [9.17, 15) is 9.59 Å². The van der Waals surface area contributed by atoms with Crippen LogP contribution < -0.4 is 16.4 Å². The topological polar surface area (TPSA) is 87.5 Å². The number of hydrogen-bond donors (Lipinski definition) is 3. The summed E-state index contributed by atoms with van der Waals surface area (Å²) >= 11 is 0. The van der Waals surface area contributed by atoms with Gasteiger partial charge in [0.2, 0.25) is 11.8 Å². The lowest BCUT2D eigenvalue weighted by molar-refractivity contribution is -0.127. The van der Waals surface area contributed by atoms with E-state index in [1.807, 2.05) is 32.8 Å². The van der Waals surface area contributed by atoms with Gasteiger partial charge in [-0.15, -0.1) is 0 Å². The Balaban J connectivity index is 4.24. The van der Waals surface area contributed by atoms with Crippen molar-refractivity contribution in [1.82, 2.24) is 15.5 Å². The molecule has 0 aromatic heterocycles. The maximum Gasteiger partial charge on any atom is 0.239 e. The van der Waals surface area contributed by atoms with Gasteiger partial charge in [-0.3, -0.25) is 9.59 Å². The van der Waals surface area contributed by atoms with Crippen LogP contribution in [0, 0.1) is 11.8 Å². The SMILES string of the molecule is CC(C)C(CN(C)C)NC(=O)CNC(=O)[C@@H](N)C(C)C. The summed E-state index contributed by atoms with van der Waals surface area (Å²) in [5.41, 5.74) is 5.71. The van der Waals surface area contributed by atoms with Crippen LogP contribution >= 0.6 is 0 Å². The van der Waals surface area contributed by atoms with E-state index in [0.717, 1.165) is 6.54 Å². The number of hydrogen-bond acceptors (Lipinski definition) is 4.